The zero-order chi connectivity index (χ0) is 16.4. The van der Waals surface area contributed by atoms with Gasteiger partial charge in [0.15, 0.2) is 0 Å². The standard InChI is InChI=1S/C19H20N4O/c24-19-18(15-6-2-1-3-7-15)12-20-14-22(19)13-16-10-11-23(21-16)17-8-4-5-9-17/h1-3,6-7,10-12,14,17H,4-5,8-9,13H2. The highest BCUT2D eigenvalue weighted by atomic mass is 16.1. The first-order valence-electron chi connectivity index (χ1n) is 8.45. The molecule has 1 saturated carbocycles. The van der Waals surface area contributed by atoms with Gasteiger partial charge in [0, 0.05) is 12.4 Å². The van der Waals surface area contributed by atoms with Crippen molar-refractivity contribution in [3.63, 3.8) is 0 Å². The number of aromatic nitrogens is 4. The first-order chi connectivity index (χ1) is 11.8. The molecule has 0 radical (unpaired) electrons. The Hall–Kier alpha value is -2.69. The maximum absolute atomic E-state index is 12.7. The van der Waals surface area contributed by atoms with Gasteiger partial charge in [-0.2, -0.15) is 5.10 Å². The van der Waals surface area contributed by atoms with Crippen LogP contribution in [-0.2, 0) is 6.54 Å². The van der Waals surface area contributed by atoms with Crippen molar-refractivity contribution >= 4 is 0 Å². The van der Waals surface area contributed by atoms with Crippen molar-refractivity contribution in [1.29, 1.82) is 0 Å². The molecular formula is C19H20N4O. The maximum Gasteiger partial charge on any atom is 0.261 e. The zero-order valence-electron chi connectivity index (χ0n) is 13.5. The topological polar surface area (TPSA) is 52.7 Å². The summed E-state index contributed by atoms with van der Waals surface area (Å²) in [5.74, 6) is 0. The van der Waals surface area contributed by atoms with Gasteiger partial charge in [-0.15, -0.1) is 0 Å². The molecule has 2 aromatic heterocycles. The van der Waals surface area contributed by atoms with Crippen molar-refractivity contribution in [1.82, 2.24) is 19.3 Å². The van der Waals surface area contributed by atoms with E-state index in [1.165, 1.54) is 25.7 Å². The van der Waals surface area contributed by atoms with Gasteiger partial charge in [-0.1, -0.05) is 43.2 Å². The zero-order valence-corrected chi connectivity index (χ0v) is 13.5. The van der Waals surface area contributed by atoms with E-state index in [1.807, 2.05) is 42.6 Å². The summed E-state index contributed by atoms with van der Waals surface area (Å²) in [6, 6.07) is 12.2. The summed E-state index contributed by atoms with van der Waals surface area (Å²) in [5.41, 5.74) is 2.37. The summed E-state index contributed by atoms with van der Waals surface area (Å²) >= 11 is 0. The van der Waals surface area contributed by atoms with Crippen LogP contribution in [0.15, 0.2) is 59.9 Å². The Kier molecular flexibility index (Phi) is 3.99. The molecule has 0 amide bonds. The van der Waals surface area contributed by atoms with Crippen LogP contribution in [0.5, 0.6) is 0 Å². The van der Waals surface area contributed by atoms with E-state index in [4.69, 9.17) is 0 Å². The van der Waals surface area contributed by atoms with E-state index >= 15 is 0 Å². The smallest absolute Gasteiger partial charge is 0.261 e. The molecule has 0 N–H and O–H groups in total. The Morgan fingerprint density at radius 3 is 2.67 bits per heavy atom. The van der Waals surface area contributed by atoms with Gasteiger partial charge in [-0.3, -0.25) is 14.0 Å². The largest absolute Gasteiger partial charge is 0.293 e. The van der Waals surface area contributed by atoms with E-state index in [0.29, 0.717) is 18.2 Å². The summed E-state index contributed by atoms with van der Waals surface area (Å²) in [6.45, 7) is 0.451. The van der Waals surface area contributed by atoms with Crippen LogP contribution in [0.25, 0.3) is 11.1 Å². The fourth-order valence-electron chi connectivity index (χ4n) is 3.39. The van der Waals surface area contributed by atoms with Gasteiger partial charge in [0.25, 0.3) is 5.56 Å². The van der Waals surface area contributed by atoms with Crippen molar-refractivity contribution in [2.45, 2.75) is 38.3 Å². The number of hydrogen-bond donors (Lipinski definition) is 0. The Bertz CT molecular complexity index is 876. The Morgan fingerprint density at radius 2 is 1.88 bits per heavy atom. The minimum atomic E-state index is -0.0355. The molecule has 4 rings (SSSR count). The van der Waals surface area contributed by atoms with Crippen LogP contribution < -0.4 is 5.56 Å². The van der Waals surface area contributed by atoms with Crippen LogP contribution in [0.4, 0.5) is 0 Å². The average molecular weight is 320 g/mol. The average Bonchev–Trinajstić information content (AvgIpc) is 3.29. The van der Waals surface area contributed by atoms with Gasteiger partial charge in [-0.05, 0) is 24.5 Å². The van der Waals surface area contributed by atoms with Crippen molar-refractivity contribution < 1.29 is 0 Å². The normalized spacial score (nSPS) is 15.0. The van der Waals surface area contributed by atoms with Crippen LogP contribution in [0.1, 0.15) is 37.4 Å². The maximum atomic E-state index is 12.7. The predicted molar refractivity (Wildman–Crippen MR) is 92.8 cm³/mol. The van der Waals surface area contributed by atoms with Crippen LogP contribution in [0.2, 0.25) is 0 Å². The summed E-state index contributed by atoms with van der Waals surface area (Å²) in [4.78, 5) is 17.0. The molecule has 1 aromatic carbocycles. The lowest BCUT2D eigenvalue weighted by Gasteiger charge is -2.09. The molecule has 0 spiro atoms. The predicted octanol–water partition coefficient (Wildman–Crippen LogP) is 3.27. The third-order valence-electron chi connectivity index (χ3n) is 4.68. The second kappa shape index (κ2) is 6.43. The third-order valence-corrected chi connectivity index (χ3v) is 4.68. The molecule has 0 saturated heterocycles. The van der Waals surface area contributed by atoms with Gasteiger partial charge in [-0.25, -0.2) is 4.98 Å². The molecule has 122 valence electrons. The SMILES string of the molecule is O=c1c(-c2ccccc2)cncn1Cc1ccn(C2CCCC2)n1. The molecule has 0 atom stereocenters. The van der Waals surface area contributed by atoms with E-state index in [2.05, 4.69) is 14.8 Å². The molecule has 5 heteroatoms. The monoisotopic (exact) mass is 320 g/mol. The second-order valence-corrected chi connectivity index (χ2v) is 6.33. The van der Waals surface area contributed by atoms with Crippen molar-refractivity contribution in [3.8, 4) is 11.1 Å². The molecular weight excluding hydrogens is 300 g/mol. The third kappa shape index (κ3) is 2.89. The summed E-state index contributed by atoms with van der Waals surface area (Å²) in [6.07, 6.45) is 10.2. The molecule has 0 unspecified atom stereocenters. The van der Waals surface area contributed by atoms with Crippen LogP contribution in [0, 0.1) is 0 Å². The molecule has 1 fully saturated rings. The Balaban J connectivity index is 1.60. The molecule has 3 aromatic rings. The molecule has 0 bridgehead atoms. The number of hydrogen-bond acceptors (Lipinski definition) is 3. The molecule has 0 aliphatic heterocycles. The van der Waals surface area contributed by atoms with E-state index in [0.717, 1.165) is 11.3 Å². The van der Waals surface area contributed by atoms with Gasteiger partial charge >= 0.3 is 0 Å². The first kappa shape index (κ1) is 14.9. The summed E-state index contributed by atoms with van der Waals surface area (Å²) in [5, 5.41) is 4.66. The van der Waals surface area contributed by atoms with E-state index < -0.39 is 0 Å². The van der Waals surface area contributed by atoms with Crippen molar-refractivity contribution in [2.75, 3.05) is 0 Å². The highest BCUT2D eigenvalue weighted by Crippen LogP contribution is 2.28. The molecule has 1 aliphatic carbocycles. The lowest BCUT2D eigenvalue weighted by Crippen LogP contribution is -2.22. The fraction of sp³-hybridized carbons (Fsp3) is 0.316. The molecule has 2 heterocycles. The minimum absolute atomic E-state index is 0.0355. The van der Waals surface area contributed by atoms with E-state index in [9.17, 15) is 4.79 Å². The number of benzene rings is 1. The van der Waals surface area contributed by atoms with Crippen molar-refractivity contribution in [3.05, 3.63) is 71.2 Å². The highest BCUT2D eigenvalue weighted by molar-refractivity contribution is 5.60. The van der Waals surface area contributed by atoms with E-state index in [1.54, 1.807) is 17.1 Å². The fourth-order valence-corrected chi connectivity index (χ4v) is 3.39. The Labute approximate surface area is 140 Å². The van der Waals surface area contributed by atoms with Gasteiger partial charge in [0.1, 0.15) is 0 Å². The summed E-state index contributed by atoms with van der Waals surface area (Å²) in [7, 11) is 0. The van der Waals surface area contributed by atoms with Crippen molar-refractivity contribution in [2.24, 2.45) is 0 Å². The molecule has 1 aliphatic rings. The van der Waals surface area contributed by atoms with Gasteiger partial charge in [0.2, 0.25) is 0 Å². The van der Waals surface area contributed by atoms with Crippen LogP contribution in [-0.4, -0.2) is 19.3 Å². The lowest BCUT2D eigenvalue weighted by atomic mass is 10.1. The van der Waals surface area contributed by atoms with E-state index in [-0.39, 0.29) is 5.56 Å². The molecule has 5 nitrogen and oxygen atoms in total. The number of rotatable bonds is 4. The lowest BCUT2D eigenvalue weighted by molar-refractivity contribution is 0.461. The number of nitrogens with zero attached hydrogens (tertiary/aromatic N) is 4. The van der Waals surface area contributed by atoms with Gasteiger partial charge in [0.05, 0.1) is 30.2 Å². The van der Waals surface area contributed by atoms with Crippen LogP contribution in [0.3, 0.4) is 0 Å². The quantitative estimate of drug-likeness (QED) is 0.741. The highest BCUT2D eigenvalue weighted by Gasteiger charge is 2.17. The second-order valence-electron chi connectivity index (χ2n) is 6.33. The Morgan fingerprint density at radius 1 is 1.08 bits per heavy atom. The summed E-state index contributed by atoms with van der Waals surface area (Å²) < 4.78 is 3.69. The molecule has 24 heavy (non-hydrogen) atoms. The first-order valence-corrected chi connectivity index (χ1v) is 8.45. The van der Waals surface area contributed by atoms with Gasteiger partial charge < -0.3 is 0 Å². The van der Waals surface area contributed by atoms with Crippen LogP contribution >= 0.6 is 0 Å². The minimum Gasteiger partial charge on any atom is -0.293 e.